The summed E-state index contributed by atoms with van der Waals surface area (Å²) in [6, 6.07) is 0. The molecule has 0 saturated heterocycles. The van der Waals surface area contributed by atoms with E-state index in [0.29, 0.717) is 18.4 Å². The van der Waals surface area contributed by atoms with E-state index in [1.807, 2.05) is 0 Å². The fourth-order valence-corrected chi connectivity index (χ4v) is 6.03. The van der Waals surface area contributed by atoms with Crippen LogP contribution in [0.25, 0.3) is 0 Å². The SMILES string of the molecule is CC1C(CO)C2C3CC(CC4C(O)CC43)C12. The van der Waals surface area contributed by atoms with E-state index in [9.17, 15) is 10.2 Å². The Hall–Kier alpha value is -0.0800. The van der Waals surface area contributed by atoms with Gasteiger partial charge in [-0.1, -0.05) is 6.92 Å². The van der Waals surface area contributed by atoms with Crippen LogP contribution in [0.1, 0.15) is 26.2 Å². The lowest BCUT2D eigenvalue weighted by Gasteiger charge is -2.52. The van der Waals surface area contributed by atoms with E-state index in [2.05, 4.69) is 6.92 Å². The number of hydrogen-bond acceptors (Lipinski definition) is 2. The highest BCUT2D eigenvalue weighted by molar-refractivity contribution is 5.13. The second-order valence-electron chi connectivity index (χ2n) is 6.89. The van der Waals surface area contributed by atoms with Crippen LogP contribution in [-0.2, 0) is 0 Å². The maximum absolute atomic E-state index is 9.84. The summed E-state index contributed by atoms with van der Waals surface area (Å²) in [7, 11) is 0. The maximum Gasteiger partial charge on any atom is 0.0574 e. The summed E-state index contributed by atoms with van der Waals surface area (Å²) in [6.45, 7) is 2.73. The van der Waals surface area contributed by atoms with Crippen molar-refractivity contribution in [2.24, 2.45) is 47.3 Å². The molecule has 2 N–H and O–H groups in total. The van der Waals surface area contributed by atoms with Gasteiger partial charge in [0.15, 0.2) is 0 Å². The zero-order chi connectivity index (χ0) is 11.0. The minimum absolute atomic E-state index is 0.00989. The first-order valence-electron chi connectivity index (χ1n) is 7.01. The molecule has 16 heavy (non-hydrogen) atoms. The van der Waals surface area contributed by atoms with Crippen molar-refractivity contribution >= 4 is 0 Å². The Bertz CT molecular complexity index is 316. The molecule has 2 heteroatoms. The minimum Gasteiger partial charge on any atom is -0.396 e. The van der Waals surface area contributed by atoms with Crippen LogP contribution in [-0.4, -0.2) is 22.9 Å². The van der Waals surface area contributed by atoms with Crippen molar-refractivity contribution in [1.29, 1.82) is 0 Å². The van der Waals surface area contributed by atoms with Crippen molar-refractivity contribution in [1.82, 2.24) is 0 Å². The quantitative estimate of drug-likeness (QED) is 0.706. The molecule has 0 aliphatic heterocycles. The number of fused-ring (bicyclic) bond motifs is 7. The van der Waals surface area contributed by atoms with Crippen molar-refractivity contribution < 1.29 is 10.2 Å². The Labute approximate surface area is 97.0 Å². The van der Waals surface area contributed by atoms with Gasteiger partial charge in [0.05, 0.1) is 6.10 Å². The van der Waals surface area contributed by atoms with Gasteiger partial charge in [-0.3, -0.25) is 0 Å². The molecule has 0 radical (unpaired) electrons. The molecule has 0 aromatic heterocycles. The Balaban J connectivity index is 1.63. The Kier molecular flexibility index (Phi) is 1.87. The van der Waals surface area contributed by atoms with Gasteiger partial charge in [-0.15, -0.1) is 0 Å². The number of rotatable bonds is 1. The first kappa shape index (κ1) is 9.90. The van der Waals surface area contributed by atoms with E-state index < -0.39 is 0 Å². The van der Waals surface area contributed by atoms with Crippen molar-refractivity contribution in [3.63, 3.8) is 0 Å². The predicted molar refractivity (Wildman–Crippen MR) is 60.5 cm³/mol. The van der Waals surface area contributed by atoms with Crippen LogP contribution in [0.4, 0.5) is 0 Å². The van der Waals surface area contributed by atoms with E-state index in [1.54, 1.807) is 0 Å². The molecule has 4 rings (SSSR count). The molecule has 2 bridgehead atoms. The summed E-state index contributed by atoms with van der Waals surface area (Å²) in [5.41, 5.74) is 0. The normalized spacial score (nSPS) is 66.6. The van der Waals surface area contributed by atoms with Crippen LogP contribution in [0, 0.1) is 47.3 Å². The lowest BCUT2D eigenvalue weighted by molar-refractivity contribution is -0.101. The molecule has 9 unspecified atom stereocenters. The molecule has 0 aromatic rings. The second kappa shape index (κ2) is 3.02. The molecular formula is C14H22O2. The molecule has 90 valence electrons. The fourth-order valence-electron chi connectivity index (χ4n) is 6.03. The van der Waals surface area contributed by atoms with Crippen LogP contribution in [0.2, 0.25) is 0 Å². The zero-order valence-electron chi connectivity index (χ0n) is 9.92. The first-order chi connectivity index (χ1) is 7.72. The second-order valence-corrected chi connectivity index (χ2v) is 6.89. The number of aliphatic hydroxyl groups excluding tert-OH is 2. The highest BCUT2D eigenvalue weighted by Gasteiger charge is 2.65. The van der Waals surface area contributed by atoms with Gasteiger partial charge in [0.1, 0.15) is 0 Å². The lowest BCUT2D eigenvalue weighted by Crippen LogP contribution is -2.51. The molecule has 0 heterocycles. The van der Waals surface area contributed by atoms with Crippen LogP contribution >= 0.6 is 0 Å². The van der Waals surface area contributed by atoms with E-state index in [-0.39, 0.29) is 6.10 Å². The average Bonchev–Trinajstić information content (AvgIpc) is 2.54. The number of aliphatic hydroxyl groups is 2. The summed E-state index contributed by atoms with van der Waals surface area (Å²) >= 11 is 0. The van der Waals surface area contributed by atoms with Crippen LogP contribution < -0.4 is 0 Å². The van der Waals surface area contributed by atoms with Crippen LogP contribution in [0.15, 0.2) is 0 Å². The molecule has 0 spiro atoms. The van der Waals surface area contributed by atoms with E-state index >= 15 is 0 Å². The smallest absolute Gasteiger partial charge is 0.0574 e. The first-order valence-corrected chi connectivity index (χ1v) is 7.01. The largest absolute Gasteiger partial charge is 0.396 e. The lowest BCUT2D eigenvalue weighted by atomic mass is 9.54. The van der Waals surface area contributed by atoms with Gasteiger partial charge in [-0.2, -0.15) is 0 Å². The molecule has 0 amide bonds. The predicted octanol–water partition coefficient (Wildman–Crippen LogP) is 1.51. The van der Waals surface area contributed by atoms with Gasteiger partial charge in [0.2, 0.25) is 0 Å². The number of hydrogen-bond donors (Lipinski definition) is 2. The molecule has 4 saturated carbocycles. The van der Waals surface area contributed by atoms with Gasteiger partial charge in [-0.05, 0) is 66.6 Å². The molecule has 4 fully saturated rings. The van der Waals surface area contributed by atoms with E-state index in [1.165, 1.54) is 12.8 Å². The fraction of sp³-hybridized carbons (Fsp3) is 1.00. The zero-order valence-corrected chi connectivity index (χ0v) is 9.92. The van der Waals surface area contributed by atoms with Gasteiger partial charge < -0.3 is 10.2 Å². The van der Waals surface area contributed by atoms with Gasteiger partial charge in [0.25, 0.3) is 0 Å². The summed E-state index contributed by atoms with van der Waals surface area (Å²) in [6.07, 6.45) is 3.75. The molecule has 4 aliphatic carbocycles. The van der Waals surface area contributed by atoms with Gasteiger partial charge in [0, 0.05) is 6.61 Å². The minimum atomic E-state index is 0.00989. The molecular weight excluding hydrogens is 200 g/mol. The summed E-state index contributed by atoms with van der Waals surface area (Å²) in [5, 5.41) is 19.3. The van der Waals surface area contributed by atoms with Crippen molar-refractivity contribution in [3.8, 4) is 0 Å². The van der Waals surface area contributed by atoms with Crippen LogP contribution in [0.5, 0.6) is 0 Å². The molecule has 0 aromatic carbocycles. The van der Waals surface area contributed by atoms with Gasteiger partial charge in [-0.25, -0.2) is 0 Å². The van der Waals surface area contributed by atoms with Gasteiger partial charge >= 0.3 is 0 Å². The highest BCUT2D eigenvalue weighted by Crippen LogP contribution is 2.69. The molecule has 4 aliphatic rings. The van der Waals surface area contributed by atoms with Crippen molar-refractivity contribution in [3.05, 3.63) is 0 Å². The molecule has 2 nitrogen and oxygen atoms in total. The summed E-state index contributed by atoms with van der Waals surface area (Å²) in [4.78, 5) is 0. The van der Waals surface area contributed by atoms with Crippen LogP contribution in [0.3, 0.4) is 0 Å². The molecule has 9 atom stereocenters. The Morgan fingerprint density at radius 2 is 1.75 bits per heavy atom. The maximum atomic E-state index is 9.84. The summed E-state index contributed by atoms with van der Waals surface area (Å²) < 4.78 is 0. The van der Waals surface area contributed by atoms with E-state index in [0.717, 1.165) is 41.9 Å². The Morgan fingerprint density at radius 3 is 2.44 bits per heavy atom. The highest BCUT2D eigenvalue weighted by atomic mass is 16.3. The standard InChI is InChI=1S/C14H22O2/c1-6-11(5-15)14-10-3-7(13(6)14)2-9-8(10)4-12(9)16/h6-16H,2-5H2,1H3. The van der Waals surface area contributed by atoms with Crippen molar-refractivity contribution in [2.75, 3.05) is 6.61 Å². The monoisotopic (exact) mass is 222 g/mol. The third-order valence-electron chi connectivity index (χ3n) is 6.73. The Morgan fingerprint density at radius 1 is 1.00 bits per heavy atom. The third kappa shape index (κ3) is 0.932. The summed E-state index contributed by atoms with van der Waals surface area (Å²) in [5.74, 6) is 6.18. The third-order valence-corrected chi connectivity index (χ3v) is 6.73. The van der Waals surface area contributed by atoms with Crippen molar-refractivity contribution in [2.45, 2.75) is 32.3 Å². The van der Waals surface area contributed by atoms with E-state index in [4.69, 9.17) is 0 Å². The average molecular weight is 222 g/mol. The topological polar surface area (TPSA) is 40.5 Å².